The molecule has 0 saturated carbocycles. The summed E-state index contributed by atoms with van der Waals surface area (Å²) in [5, 5.41) is 12.4. The van der Waals surface area contributed by atoms with Crippen LogP contribution in [0.25, 0.3) is 11.5 Å². The summed E-state index contributed by atoms with van der Waals surface area (Å²) in [5.74, 6) is 0.749. The third-order valence-corrected chi connectivity index (χ3v) is 3.63. The molecule has 1 aromatic heterocycles. The molecule has 0 bridgehead atoms. The van der Waals surface area contributed by atoms with E-state index in [1.807, 2.05) is 24.3 Å². The molecule has 0 unspecified atom stereocenters. The number of hydrogen-bond acceptors (Lipinski definition) is 5. The Labute approximate surface area is 144 Å². The number of rotatable bonds is 6. The fourth-order valence-electron chi connectivity index (χ4n) is 2.08. The smallest absolute Gasteiger partial charge is 0.257 e. The van der Waals surface area contributed by atoms with Gasteiger partial charge in [0.1, 0.15) is 0 Å². The monoisotopic (exact) mass is 341 g/mol. The molecule has 0 radical (unpaired) electrons. The Bertz CT molecular complexity index is 828. The molecule has 3 aromatic rings. The highest BCUT2D eigenvalue weighted by molar-refractivity contribution is 6.30. The molecule has 0 aliphatic heterocycles. The quantitative estimate of drug-likeness (QED) is 0.489. The van der Waals surface area contributed by atoms with Gasteiger partial charge in [0.15, 0.2) is 6.61 Å². The molecule has 122 valence electrons. The summed E-state index contributed by atoms with van der Waals surface area (Å²) in [5.41, 5.74) is 3.02. The van der Waals surface area contributed by atoms with Crippen LogP contribution >= 0.6 is 11.6 Å². The van der Waals surface area contributed by atoms with E-state index in [1.165, 1.54) is 5.56 Å². The van der Waals surface area contributed by atoms with E-state index in [0.29, 0.717) is 16.8 Å². The van der Waals surface area contributed by atoms with Crippen LogP contribution in [-0.2, 0) is 17.9 Å². The maximum atomic E-state index is 5.95. The van der Waals surface area contributed by atoms with Gasteiger partial charge in [-0.05, 0) is 35.7 Å². The lowest BCUT2D eigenvalue weighted by molar-refractivity contribution is 0.112. The topological polar surface area (TPSA) is 60.5 Å². The van der Waals surface area contributed by atoms with Gasteiger partial charge in [0, 0.05) is 10.6 Å². The molecule has 0 amide bonds. The summed E-state index contributed by atoms with van der Waals surface area (Å²) in [7, 11) is 0. The van der Waals surface area contributed by atoms with E-state index >= 15 is 0 Å². The Hall–Kier alpha value is -2.66. The fourth-order valence-corrected chi connectivity index (χ4v) is 2.27. The summed E-state index contributed by atoms with van der Waals surface area (Å²) in [6, 6.07) is 15.3. The summed E-state index contributed by atoms with van der Waals surface area (Å²) in [6.07, 6.45) is 2.66. The predicted molar refractivity (Wildman–Crippen MR) is 92.9 cm³/mol. The SMILES string of the molecule is CCc1ccc(/C=N/OCc2nnc(-c3cccc(Cl)c3)o2)cc1. The molecule has 0 atom stereocenters. The van der Waals surface area contributed by atoms with E-state index in [-0.39, 0.29) is 6.61 Å². The fraction of sp³-hybridized carbons (Fsp3) is 0.167. The molecular weight excluding hydrogens is 326 g/mol. The minimum Gasteiger partial charge on any atom is -0.417 e. The minimum absolute atomic E-state index is 0.108. The van der Waals surface area contributed by atoms with Crippen LogP contribution < -0.4 is 0 Å². The van der Waals surface area contributed by atoms with Gasteiger partial charge in [-0.15, -0.1) is 10.2 Å². The van der Waals surface area contributed by atoms with Gasteiger partial charge in [-0.1, -0.05) is 54.0 Å². The van der Waals surface area contributed by atoms with E-state index in [0.717, 1.165) is 17.5 Å². The van der Waals surface area contributed by atoms with Crippen molar-refractivity contribution in [2.75, 3.05) is 0 Å². The Morgan fingerprint density at radius 1 is 1.17 bits per heavy atom. The first kappa shape index (κ1) is 16.2. The zero-order valence-corrected chi connectivity index (χ0v) is 13.9. The van der Waals surface area contributed by atoms with Crippen LogP contribution in [0.1, 0.15) is 23.9 Å². The van der Waals surface area contributed by atoms with Crippen molar-refractivity contribution in [1.82, 2.24) is 10.2 Å². The zero-order chi connectivity index (χ0) is 16.8. The molecule has 5 nitrogen and oxygen atoms in total. The first-order chi connectivity index (χ1) is 11.7. The highest BCUT2D eigenvalue weighted by atomic mass is 35.5. The summed E-state index contributed by atoms with van der Waals surface area (Å²) < 4.78 is 5.53. The number of oxime groups is 1. The van der Waals surface area contributed by atoms with Crippen LogP contribution in [-0.4, -0.2) is 16.4 Å². The van der Waals surface area contributed by atoms with Gasteiger partial charge < -0.3 is 9.25 Å². The standard InChI is InChI=1S/C18H16ClN3O2/c1-2-13-6-8-14(9-7-13)11-20-23-12-17-21-22-18(24-17)15-4-3-5-16(19)10-15/h3-11H,2,12H2,1H3/b20-11+. The molecular formula is C18H16ClN3O2. The lowest BCUT2D eigenvalue weighted by atomic mass is 10.1. The Morgan fingerprint density at radius 2 is 2.00 bits per heavy atom. The number of aromatic nitrogens is 2. The zero-order valence-electron chi connectivity index (χ0n) is 13.1. The van der Waals surface area contributed by atoms with Gasteiger partial charge in [-0.3, -0.25) is 0 Å². The third-order valence-electron chi connectivity index (χ3n) is 3.39. The van der Waals surface area contributed by atoms with Gasteiger partial charge in [0.25, 0.3) is 5.89 Å². The first-order valence-corrected chi connectivity index (χ1v) is 7.95. The van der Waals surface area contributed by atoms with Crippen molar-refractivity contribution < 1.29 is 9.25 Å². The molecule has 24 heavy (non-hydrogen) atoms. The maximum Gasteiger partial charge on any atom is 0.257 e. The van der Waals surface area contributed by atoms with E-state index in [1.54, 1.807) is 18.3 Å². The highest BCUT2D eigenvalue weighted by Gasteiger charge is 2.09. The number of nitrogens with zero attached hydrogens (tertiary/aromatic N) is 3. The average Bonchev–Trinajstić information content (AvgIpc) is 3.08. The van der Waals surface area contributed by atoms with E-state index in [9.17, 15) is 0 Å². The molecule has 1 heterocycles. The molecule has 2 aromatic carbocycles. The molecule has 3 rings (SSSR count). The number of hydrogen-bond donors (Lipinski definition) is 0. The maximum absolute atomic E-state index is 5.95. The van der Waals surface area contributed by atoms with Gasteiger partial charge in [0.2, 0.25) is 5.89 Å². The molecule has 6 heteroatoms. The van der Waals surface area contributed by atoms with Crippen molar-refractivity contribution in [1.29, 1.82) is 0 Å². The van der Waals surface area contributed by atoms with E-state index in [2.05, 4.69) is 34.4 Å². The van der Waals surface area contributed by atoms with Gasteiger partial charge in [0.05, 0.1) is 6.21 Å². The van der Waals surface area contributed by atoms with Crippen molar-refractivity contribution >= 4 is 17.8 Å². The molecule has 0 spiro atoms. The van der Waals surface area contributed by atoms with Crippen LogP contribution in [0.3, 0.4) is 0 Å². The second-order valence-electron chi connectivity index (χ2n) is 5.11. The normalized spacial score (nSPS) is 11.1. The Morgan fingerprint density at radius 3 is 2.75 bits per heavy atom. The Balaban J connectivity index is 1.56. The van der Waals surface area contributed by atoms with Gasteiger partial charge in [-0.2, -0.15) is 0 Å². The lowest BCUT2D eigenvalue weighted by Gasteiger charge is -1.97. The van der Waals surface area contributed by atoms with Crippen LogP contribution in [0, 0.1) is 0 Å². The highest BCUT2D eigenvalue weighted by Crippen LogP contribution is 2.21. The predicted octanol–water partition coefficient (Wildman–Crippen LogP) is 4.50. The van der Waals surface area contributed by atoms with Gasteiger partial charge in [-0.25, -0.2) is 0 Å². The molecule has 0 aliphatic carbocycles. The van der Waals surface area contributed by atoms with Crippen molar-refractivity contribution in [3.05, 3.63) is 70.6 Å². The van der Waals surface area contributed by atoms with Crippen LogP contribution in [0.15, 0.2) is 58.1 Å². The number of benzene rings is 2. The van der Waals surface area contributed by atoms with Crippen molar-refractivity contribution in [3.63, 3.8) is 0 Å². The summed E-state index contributed by atoms with van der Waals surface area (Å²) in [6.45, 7) is 2.23. The van der Waals surface area contributed by atoms with Crippen LogP contribution in [0.2, 0.25) is 5.02 Å². The van der Waals surface area contributed by atoms with Crippen molar-refractivity contribution in [2.24, 2.45) is 5.16 Å². The molecule has 0 aliphatic rings. The Kier molecular flexibility index (Phi) is 5.23. The minimum atomic E-state index is 0.108. The molecule has 0 N–H and O–H groups in total. The number of aryl methyl sites for hydroxylation is 1. The first-order valence-electron chi connectivity index (χ1n) is 7.57. The second-order valence-corrected chi connectivity index (χ2v) is 5.55. The van der Waals surface area contributed by atoms with Crippen molar-refractivity contribution in [3.8, 4) is 11.5 Å². The molecule has 0 saturated heterocycles. The third kappa shape index (κ3) is 4.20. The lowest BCUT2D eigenvalue weighted by Crippen LogP contribution is -1.89. The van der Waals surface area contributed by atoms with Gasteiger partial charge >= 0.3 is 0 Å². The van der Waals surface area contributed by atoms with Crippen LogP contribution in [0.4, 0.5) is 0 Å². The van der Waals surface area contributed by atoms with E-state index in [4.69, 9.17) is 20.9 Å². The van der Waals surface area contributed by atoms with E-state index < -0.39 is 0 Å². The van der Waals surface area contributed by atoms with Crippen molar-refractivity contribution in [2.45, 2.75) is 20.0 Å². The summed E-state index contributed by atoms with van der Waals surface area (Å²) in [4.78, 5) is 5.20. The molecule has 0 fully saturated rings. The number of halogens is 1. The average molecular weight is 342 g/mol. The van der Waals surface area contributed by atoms with Crippen LogP contribution in [0.5, 0.6) is 0 Å². The summed E-state index contributed by atoms with van der Waals surface area (Å²) >= 11 is 5.95. The second kappa shape index (κ2) is 7.75. The largest absolute Gasteiger partial charge is 0.417 e.